The number of fused-ring (bicyclic) bond motifs is 1. The molecule has 1 unspecified atom stereocenters. The Kier molecular flexibility index (Phi) is 3.84. The van der Waals surface area contributed by atoms with Crippen molar-refractivity contribution in [3.8, 4) is 22.6 Å². The van der Waals surface area contributed by atoms with Crippen molar-refractivity contribution in [1.82, 2.24) is 0 Å². The van der Waals surface area contributed by atoms with E-state index >= 15 is 0 Å². The summed E-state index contributed by atoms with van der Waals surface area (Å²) in [5.41, 5.74) is 5.60. The SMILES string of the molecule is CC1=C(C)C(C)(c2ccc(-c3ccccc3)cc2)c2ccc(O)cc2O1. The van der Waals surface area contributed by atoms with Crippen molar-refractivity contribution in [3.05, 3.63) is 95.3 Å². The fraction of sp³-hybridized carbons (Fsp3) is 0.167. The highest BCUT2D eigenvalue weighted by molar-refractivity contribution is 5.65. The number of benzene rings is 3. The van der Waals surface area contributed by atoms with Crippen LogP contribution in [0.5, 0.6) is 11.5 Å². The Morgan fingerprint density at radius 1 is 0.808 bits per heavy atom. The van der Waals surface area contributed by atoms with Gasteiger partial charge in [0.15, 0.2) is 0 Å². The third-order valence-electron chi connectivity index (χ3n) is 5.61. The summed E-state index contributed by atoms with van der Waals surface area (Å²) in [5, 5.41) is 9.85. The maximum atomic E-state index is 9.85. The summed E-state index contributed by atoms with van der Waals surface area (Å²) >= 11 is 0. The molecule has 4 rings (SSSR count). The van der Waals surface area contributed by atoms with Gasteiger partial charge in [-0.1, -0.05) is 60.7 Å². The van der Waals surface area contributed by atoms with Crippen LogP contribution >= 0.6 is 0 Å². The van der Waals surface area contributed by atoms with Crippen LogP contribution in [-0.4, -0.2) is 5.11 Å². The van der Waals surface area contributed by atoms with Crippen LogP contribution in [0, 0.1) is 0 Å². The predicted molar refractivity (Wildman–Crippen MR) is 105 cm³/mol. The number of phenolic OH excluding ortho intramolecular Hbond substituents is 1. The molecule has 0 aliphatic carbocycles. The lowest BCUT2D eigenvalue weighted by atomic mass is 9.69. The zero-order valence-corrected chi connectivity index (χ0v) is 15.3. The van der Waals surface area contributed by atoms with Crippen molar-refractivity contribution in [2.45, 2.75) is 26.2 Å². The lowest BCUT2D eigenvalue weighted by Crippen LogP contribution is -2.30. The smallest absolute Gasteiger partial charge is 0.135 e. The van der Waals surface area contributed by atoms with E-state index in [2.05, 4.69) is 62.4 Å². The molecule has 0 fully saturated rings. The Morgan fingerprint density at radius 3 is 2.15 bits per heavy atom. The molecular weight excluding hydrogens is 320 g/mol. The largest absolute Gasteiger partial charge is 0.508 e. The lowest BCUT2D eigenvalue weighted by Gasteiger charge is -2.38. The average molecular weight is 342 g/mol. The molecule has 0 radical (unpaired) electrons. The Morgan fingerprint density at radius 2 is 1.46 bits per heavy atom. The second-order valence-electron chi connectivity index (χ2n) is 7.03. The van der Waals surface area contributed by atoms with Gasteiger partial charge in [-0.3, -0.25) is 0 Å². The molecule has 3 aromatic rings. The maximum Gasteiger partial charge on any atom is 0.135 e. The van der Waals surface area contributed by atoms with Gasteiger partial charge in [-0.15, -0.1) is 0 Å². The molecule has 1 heterocycles. The molecule has 0 amide bonds. The summed E-state index contributed by atoms with van der Waals surface area (Å²) in [6.07, 6.45) is 0. The van der Waals surface area contributed by atoms with Crippen molar-refractivity contribution >= 4 is 0 Å². The van der Waals surface area contributed by atoms with Gasteiger partial charge in [0.05, 0.1) is 0 Å². The summed E-state index contributed by atoms with van der Waals surface area (Å²) in [7, 11) is 0. The van der Waals surface area contributed by atoms with Gasteiger partial charge in [0.25, 0.3) is 0 Å². The monoisotopic (exact) mass is 342 g/mol. The molecule has 1 N–H and O–H groups in total. The fourth-order valence-electron chi connectivity index (χ4n) is 3.80. The molecule has 3 aromatic carbocycles. The quantitative estimate of drug-likeness (QED) is 0.614. The molecule has 0 aromatic heterocycles. The topological polar surface area (TPSA) is 29.5 Å². The number of hydrogen-bond acceptors (Lipinski definition) is 2. The Bertz CT molecular complexity index is 984. The lowest BCUT2D eigenvalue weighted by molar-refractivity contribution is 0.371. The van der Waals surface area contributed by atoms with Gasteiger partial charge in [0, 0.05) is 17.0 Å². The van der Waals surface area contributed by atoms with Crippen LogP contribution in [0.4, 0.5) is 0 Å². The van der Waals surface area contributed by atoms with Crippen molar-refractivity contribution in [3.63, 3.8) is 0 Å². The summed E-state index contributed by atoms with van der Waals surface area (Å²) < 4.78 is 5.95. The van der Waals surface area contributed by atoms with E-state index in [1.807, 2.05) is 19.1 Å². The van der Waals surface area contributed by atoms with E-state index in [4.69, 9.17) is 4.74 Å². The van der Waals surface area contributed by atoms with Gasteiger partial charge in [-0.05, 0) is 49.1 Å². The van der Waals surface area contributed by atoms with E-state index in [-0.39, 0.29) is 11.2 Å². The van der Waals surface area contributed by atoms with Crippen LogP contribution in [0.3, 0.4) is 0 Å². The Labute approximate surface area is 154 Å². The Balaban J connectivity index is 1.84. The molecule has 0 spiro atoms. The number of phenols is 1. The molecule has 0 bridgehead atoms. The molecule has 1 atom stereocenters. The first-order valence-corrected chi connectivity index (χ1v) is 8.85. The van der Waals surface area contributed by atoms with E-state index in [9.17, 15) is 5.11 Å². The van der Waals surface area contributed by atoms with Crippen LogP contribution in [0.1, 0.15) is 31.9 Å². The minimum atomic E-state index is -0.291. The van der Waals surface area contributed by atoms with Gasteiger partial charge in [-0.2, -0.15) is 0 Å². The summed E-state index contributed by atoms with van der Waals surface area (Å²) in [5.74, 6) is 1.83. The highest BCUT2D eigenvalue weighted by Crippen LogP contribution is 2.48. The second-order valence-corrected chi connectivity index (χ2v) is 7.03. The van der Waals surface area contributed by atoms with E-state index in [0.29, 0.717) is 0 Å². The summed E-state index contributed by atoms with van der Waals surface area (Å²) in [6, 6.07) is 24.5. The van der Waals surface area contributed by atoms with Crippen LogP contribution in [-0.2, 0) is 5.41 Å². The number of rotatable bonds is 2. The first-order chi connectivity index (χ1) is 12.5. The molecule has 2 nitrogen and oxygen atoms in total. The molecule has 1 aliphatic heterocycles. The highest BCUT2D eigenvalue weighted by atomic mass is 16.5. The van der Waals surface area contributed by atoms with Crippen LogP contribution in [0.25, 0.3) is 11.1 Å². The van der Waals surface area contributed by atoms with E-state index < -0.39 is 0 Å². The van der Waals surface area contributed by atoms with Gasteiger partial charge in [0.2, 0.25) is 0 Å². The van der Waals surface area contributed by atoms with E-state index in [1.54, 1.807) is 12.1 Å². The third-order valence-corrected chi connectivity index (χ3v) is 5.61. The molecule has 130 valence electrons. The molecule has 0 saturated heterocycles. The molecule has 26 heavy (non-hydrogen) atoms. The van der Waals surface area contributed by atoms with Crippen molar-refractivity contribution in [1.29, 1.82) is 0 Å². The van der Waals surface area contributed by atoms with Gasteiger partial charge in [-0.25, -0.2) is 0 Å². The standard InChI is InChI=1S/C24H22O2/c1-16-17(2)26-23-15-21(25)13-14-22(23)24(16,3)20-11-9-19(10-12-20)18-7-5-4-6-8-18/h4-15,25H,1-3H3. The molecular formula is C24H22O2. The maximum absolute atomic E-state index is 9.85. The van der Waals surface area contributed by atoms with Gasteiger partial charge in [0.1, 0.15) is 17.3 Å². The third kappa shape index (κ3) is 2.50. The van der Waals surface area contributed by atoms with Crippen molar-refractivity contribution in [2.24, 2.45) is 0 Å². The van der Waals surface area contributed by atoms with Crippen molar-refractivity contribution in [2.75, 3.05) is 0 Å². The first kappa shape index (κ1) is 16.5. The summed E-state index contributed by atoms with van der Waals surface area (Å²) in [4.78, 5) is 0. The van der Waals surface area contributed by atoms with Crippen LogP contribution < -0.4 is 4.74 Å². The zero-order chi connectivity index (χ0) is 18.3. The first-order valence-electron chi connectivity index (χ1n) is 8.85. The average Bonchev–Trinajstić information content (AvgIpc) is 2.67. The van der Waals surface area contributed by atoms with Gasteiger partial charge < -0.3 is 9.84 Å². The number of hydrogen-bond donors (Lipinski definition) is 1. The second kappa shape index (κ2) is 6.06. The molecule has 1 aliphatic rings. The number of allylic oxidation sites excluding steroid dienone is 2. The minimum absolute atomic E-state index is 0.220. The molecule has 2 heteroatoms. The van der Waals surface area contributed by atoms with Gasteiger partial charge >= 0.3 is 0 Å². The van der Waals surface area contributed by atoms with Crippen molar-refractivity contribution < 1.29 is 9.84 Å². The van der Waals surface area contributed by atoms with E-state index in [0.717, 1.165) is 17.1 Å². The van der Waals surface area contributed by atoms with Crippen LogP contribution in [0.2, 0.25) is 0 Å². The highest BCUT2D eigenvalue weighted by Gasteiger charge is 2.38. The fourth-order valence-corrected chi connectivity index (χ4v) is 3.80. The minimum Gasteiger partial charge on any atom is -0.508 e. The summed E-state index contributed by atoms with van der Waals surface area (Å²) in [6.45, 7) is 6.33. The predicted octanol–water partition coefficient (Wildman–Crippen LogP) is 6.05. The van der Waals surface area contributed by atoms with Crippen LogP contribution in [0.15, 0.2) is 84.1 Å². The molecule has 0 saturated carbocycles. The normalized spacial score (nSPS) is 19.0. The number of aromatic hydroxyl groups is 1. The number of ether oxygens (including phenoxy) is 1. The van der Waals surface area contributed by atoms with E-state index in [1.165, 1.54) is 22.3 Å². The zero-order valence-electron chi connectivity index (χ0n) is 15.3. The Hall–Kier alpha value is -3.00.